The fourth-order valence-corrected chi connectivity index (χ4v) is 2.31. The Balaban J connectivity index is 2.49. The topological polar surface area (TPSA) is 49.3 Å². The second-order valence-corrected chi connectivity index (χ2v) is 5.30. The molecule has 0 aliphatic carbocycles. The average molecular weight is 314 g/mol. The Morgan fingerprint density at radius 2 is 2.22 bits per heavy atom. The van der Waals surface area contributed by atoms with Gasteiger partial charge in [0, 0.05) is 23.2 Å². The Kier molecular flexibility index (Phi) is 6.98. The van der Waals surface area contributed by atoms with Crippen LogP contribution in [0.5, 0.6) is 0 Å². The van der Waals surface area contributed by atoms with Crippen molar-refractivity contribution in [3.8, 4) is 0 Å². The molecule has 2 N–H and O–H groups in total. The predicted octanol–water partition coefficient (Wildman–Crippen LogP) is 2.98. The highest BCUT2D eigenvalue weighted by molar-refractivity contribution is 9.10. The standard InChI is InChI=1S/C14H20BrNO2/c1-2-4-11(7-8-17)10-16-14(18)12-5-3-6-13(15)9-12/h3,5-6,9,11,17H,2,4,7-8,10H2,1H3,(H,16,18). The average Bonchev–Trinajstić information content (AvgIpc) is 2.36. The minimum Gasteiger partial charge on any atom is -0.396 e. The number of amides is 1. The van der Waals surface area contributed by atoms with Crippen LogP contribution in [-0.2, 0) is 0 Å². The molecule has 0 saturated heterocycles. The molecule has 100 valence electrons. The smallest absolute Gasteiger partial charge is 0.251 e. The van der Waals surface area contributed by atoms with E-state index in [9.17, 15) is 4.79 Å². The molecule has 0 aliphatic heterocycles. The Hall–Kier alpha value is -0.870. The van der Waals surface area contributed by atoms with Gasteiger partial charge in [0.25, 0.3) is 5.91 Å². The first kappa shape index (κ1) is 15.2. The summed E-state index contributed by atoms with van der Waals surface area (Å²) < 4.78 is 0.899. The summed E-state index contributed by atoms with van der Waals surface area (Å²) in [6.07, 6.45) is 2.84. The molecule has 3 nitrogen and oxygen atoms in total. The van der Waals surface area contributed by atoms with Crippen LogP contribution < -0.4 is 5.32 Å². The minimum absolute atomic E-state index is 0.0599. The van der Waals surface area contributed by atoms with Crippen LogP contribution in [0.3, 0.4) is 0 Å². The molecule has 0 fully saturated rings. The largest absolute Gasteiger partial charge is 0.396 e. The van der Waals surface area contributed by atoms with Crippen molar-refractivity contribution in [3.05, 3.63) is 34.3 Å². The summed E-state index contributed by atoms with van der Waals surface area (Å²) in [5.74, 6) is 0.298. The number of halogens is 1. The summed E-state index contributed by atoms with van der Waals surface area (Å²) in [5.41, 5.74) is 0.656. The lowest BCUT2D eigenvalue weighted by molar-refractivity contribution is 0.0943. The van der Waals surface area contributed by atoms with E-state index in [0.717, 1.165) is 23.7 Å². The van der Waals surface area contributed by atoms with E-state index in [4.69, 9.17) is 5.11 Å². The van der Waals surface area contributed by atoms with Gasteiger partial charge in [0.1, 0.15) is 0 Å². The molecule has 0 saturated carbocycles. The van der Waals surface area contributed by atoms with Gasteiger partial charge >= 0.3 is 0 Å². The molecule has 0 aromatic heterocycles. The lowest BCUT2D eigenvalue weighted by atomic mass is 10.00. The van der Waals surface area contributed by atoms with E-state index >= 15 is 0 Å². The van der Waals surface area contributed by atoms with Crippen LogP contribution in [0.2, 0.25) is 0 Å². The van der Waals surface area contributed by atoms with Gasteiger partial charge in [0.15, 0.2) is 0 Å². The maximum absolute atomic E-state index is 11.9. The fourth-order valence-electron chi connectivity index (χ4n) is 1.91. The Morgan fingerprint density at radius 3 is 2.83 bits per heavy atom. The molecule has 1 atom stereocenters. The van der Waals surface area contributed by atoms with Crippen molar-refractivity contribution in [2.45, 2.75) is 26.2 Å². The first-order valence-corrected chi connectivity index (χ1v) is 7.11. The number of carbonyl (C=O) groups excluding carboxylic acids is 1. The second kappa shape index (κ2) is 8.27. The maximum Gasteiger partial charge on any atom is 0.251 e. The van der Waals surface area contributed by atoms with E-state index in [1.165, 1.54) is 0 Å². The first-order valence-electron chi connectivity index (χ1n) is 6.32. The second-order valence-electron chi connectivity index (χ2n) is 4.39. The molecular formula is C14H20BrNO2. The molecule has 18 heavy (non-hydrogen) atoms. The third-order valence-corrected chi connectivity index (χ3v) is 3.37. The summed E-state index contributed by atoms with van der Waals surface area (Å²) >= 11 is 3.35. The highest BCUT2D eigenvalue weighted by Crippen LogP contribution is 2.13. The molecule has 1 rings (SSSR count). The lowest BCUT2D eigenvalue weighted by Crippen LogP contribution is -2.29. The van der Waals surface area contributed by atoms with E-state index in [-0.39, 0.29) is 12.5 Å². The zero-order valence-electron chi connectivity index (χ0n) is 10.7. The number of hydrogen-bond acceptors (Lipinski definition) is 2. The van der Waals surface area contributed by atoms with Crippen LogP contribution in [0.1, 0.15) is 36.5 Å². The first-order chi connectivity index (χ1) is 8.67. The van der Waals surface area contributed by atoms with E-state index in [2.05, 4.69) is 28.2 Å². The van der Waals surface area contributed by atoms with Gasteiger partial charge in [-0.25, -0.2) is 0 Å². The molecule has 0 aliphatic rings. The molecule has 1 aromatic carbocycles. The third-order valence-electron chi connectivity index (χ3n) is 2.87. The van der Waals surface area contributed by atoms with Gasteiger partial charge in [0.05, 0.1) is 0 Å². The van der Waals surface area contributed by atoms with Crippen molar-refractivity contribution in [2.75, 3.05) is 13.2 Å². The summed E-state index contributed by atoms with van der Waals surface area (Å²) in [5, 5.41) is 11.9. The molecule has 0 bridgehead atoms. The van der Waals surface area contributed by atoms with Gasteiger partial charge in [-0.05, 0) is 37.0 Å². The summed E-state index contributed by atoms with van der Waals surface area (Å²) in [7, 11) is 0. The van der Waals surface area contributed by atoms with Crippen LogP contribution >= 0.6 is 15.9 Å². The van der Waals surface area contributed by atoms with E-state index < -0.39 is 0 Å². The van der Waals surface area contributed by atoms with Gasteiger partial charge < -0.3 is 10.4 Å². The lowest BCUT2D eigenvalue weighted by Gasteiger charge is -2.15. The van der Waals surface area contributed by atoms with Crippen molar-refractivity contribution in [1.29, 1.82) is 0 Å². The maximum atomic E-state index is 11.9. The quantitative estimate of drug-likeness (QED) is 0.813. The number of aliphatic hydroxyl groups is 1. The molecule has 0 spiro atoms. The van der Waals surface area contributed by atoms with Crippen molar-refractivity contribution >= 4 is 21.8 Å². The zero-order chi connectivity index (χ0) is 13.4. The summed E-state index contributed by atoms with van der Waals surface area (Å²) in [6.45, 7) is 2.91. The molecule has 1 unspecified atom stereocenters. The number of benzene rings is 1. The van der Waals surface area contributed by atoms with Crippen LogP contribution in [0.15, 0.2) is 28.7 Å². The van der Waals surface area contributed by atoms with Crippen LogP contribution in [0.25, 0.3) is 0 Å². The zero-order valence-corrected chi connectivity index (χ0v) is 12.2. The SMILES string of the molecule is CCCC(CCO)CNC(=O)c1cccc(Br)c1. The highest BCUT2D eigenvalue weighted by Gasteiger charge is 2.10. The van der Waals surface area contributed by atoms with Crippen molar-refractivity contribution in [1.82, 2.24) is 5.32 Å². The van der Waals surface area contributed by atoms with Crippen LogP contribution in [-0.4, -0.2) is 24.2 Å². The van der Waals surface area contributed by atoms with E-state index in [1.807, 2.05) is 12.1 Å². The van der Waals surface area contributed by atoms with Crippen LogP contribution in [0, 0.1) is 5.92 Å². The molecule has 0 heterocycles. The van der Waals surface area contributed by atoms with Gasteiger partial charge in [-0.2, -0.15) is 0 Å². The Morgan fingerprint density at radius 1 is 1.44 bits per heavy atom. The van der Waals surface area contributed by atoms with E-state index in [0.29, 0.717) is 18.0 Å². The third kappa shape index (κ3) is 5.19. The van der Waals surface area contributed by atoms with Crippen molar-refractivity contribution < 1.29 is 9.90 Å². The van der Waals surface area contributed by atoms with Gasteiger partial charge in [0.2, 0.25) is 0 Å². The minimum atomic E-state index is -0.0599. The summed E-state index contributed by atoms with van der Waals surface area (Å²) in [6, 6.07) is 7.33. The normalized spacial score (nSPS) is 12.2. The number of hydrogen-bond donors (Lipinski definition) is 2. The van der Waals surface area contributed by atoms with Crippen LogP contribution in [0.4, 0.5) is 0 Å². The highest BCUT2D eigenvalue weighted by atomic mass is 79.9. The Bertz CT molecular complexity index is 376. The molecule has 1 aromatic rings. The fraction of sp³-hybridized carbons (Fsp3) is 0.500. The molecular weight excluding hydrogens is 294 g/mol. The molecule has 0 radical (unpaired) electrons. The number of nitrogens with one attached hydrogen (secondary N) is 1. The van der Waals surface area contributed by atoms with Gasteiger partial charge in [-0.15, -0.1) is 0 Å². The predicted molar refractivity (Wildman–Crippen MR) is 76.6 cm³/mol. The van der Waals surface area contributed by atoms with E-state index in [1.54, 1.807) is 12.1 Å². The number of carbonyl (C=O) groups is 1. The van der Waals surface area contributed by atoms with Gasteiger partial charge in [-0.1, -0.05) is 35.3 Å². The molecule has 4 heteroatoms. The Labute approximate surface area is 117 Å². The number of aliphatic hydroxyl groups excluding tert-OH is 1. The van der Waals surface area contributed by atoms with Gasteiger partial charge in [-0.3, -0.25) is 4.79 Å². The molecule has 1 amide bonds. The summed E-state index contributed by atoms with van der Waals surface area (Å²) in [4.78, 5) is 11.9. The van der Waals surface area contributed by atoms with Crippen molar-refractivity contribution in [2.24, 2.45) is 5.92 Å². The monoisotopic (exact) mass is 313 g/mol. The van der Waals surface area contributed by atoms with Crippen molar-refractivity contribution in [3.63, 3.8) is 0 Å². The number of rotatable bonds is 7.